The Kier molecular flexibility index (Phi) is 6.71. The molecule has 0 aliphatic heterocycles. The van der Waals surface area contributed by atoms with E-state index in [0.717, 1.165) is 17.0 Å². The third-order valence-electron chi connectivity index (χ3n) is 3.13. The van der Waals surface area contributed by atoms with E-state index in [1.165, 1.54) is 11.3 Å². The molecule has 0 atom stereocenters. The summed E-state index contributed by atoms with van der Waals surface area (Å²) in [6, 6.07) is 9.90. The van der Waals surface area contributed by atoms with Crippen molar-refractivity contribution in [2.45, 2.75) is 12.8 Å². The molecule has 6 nitrogen and oxygen atoms in total. The quantitative estimate of drug-likeness (QED) is 0.664. The summed E-state index contributed by atoms with van der Waals surface area (Å²) in [6.07, 6.45) is 1.41. The van der Waals surface area contributed by atoms with Gasteiger partial charge in [-0.2, -0.15) is 0 Å². The van der Waals surface area contributed by atoms with E-state index in [0.29, 0.717) is 25.2 Å². The lowest BCUT2D eigenvalue weighted by atomic mass is 10.1. The molecule has 0 saturated heterocycles. The van der Waals surface area contributed by atoms with Crippen LogP contribution in [0.3, 0.4) is 0 Å². The van der Waals surface area contributed by atoms with Crippen LogP contribution in [-0.2, 0) is 17.6 Å². The topological polar surface area (TPSA) is 97.1 Å². The third kappa shape index (κ3) is 5.80. The van der Waals surface area contributed by atoms with Crippen LogP contribution in [0.15, 0.2) is 35.7 Å². The van der Waals surface area contributed by atoms with Crippen molar-refractivity contribution >= 4 is 23.2 Å². The number of nitrogens with zero attached hydrogens (tertiary/aromatic N) is 1. The zero-order chi connectivity index (χ0) is 16.5. The number of nitrogens with one attached hydrogen (secondary N) is 2. The smallest absolute Gasteiger partial charge is 0.271 e. The zero-order valence-corrected chi connectivity index (χ0v) is 13.6. The van der Waals surface area contributed by atoms with E-state index in [9.17, 15) is 9.59 Å². The van der Waals surface area contributed by atoms with Gasteiger partial charge in [-0.3, -0.25) is 9.59 Å². The van der Waals surface area contributed by atoms with Gasteiger partial charge in [-0.25, -0.2) is 4.98 Å². The second-order valence-electron chi connectivity index (χ2n) is 4.93. The summed E-state index contributed by atoms with van der Waals surface area (Å²) in [5.74, 6) is -0.561. The molecule has 0 unspecified atom stereocenters. The van der Waals surface area contributed by atoms with Crippen molar-refractivity contribution in [1.29, 1.82) is 0 Å². The minimum Gasteiger partial charge on any atom is -0.354 e. The largest absolute Gasteiger partial charge is 0.354 e. The van der Waals surface area contributed by atoms with E-state index in [1.54, 1.807) is 5.38 Å². The van der Waals surface area contributed by atoms with Crippen molar-refractivity contribution in [3.8, 4) is 0 Å². The van der Waals surface area contributed by atoms with Crippen LogP contribution in [0.5, 0.6) is 0 Å². The molecule has 7 heteroatoms. The number of hydrogen-bond acceptors (Lipinski definition) is 5. The van der Waals surface area contributed by atoms with Gasteiger partial charge < -0.3 is 16.4 Å². The maximum absolute atomic E-state index is 11.9. The molecule has 23 heavy (non-hydrogen) atoms. The zero-order valence-electron chi connectivity index (χ0n) is 12.7. The fraction of sp³-hybridized carbons (Fsp3) is 0.312. The number of carbonyl (C=O) groups excluding carboxylic acids is 2. The van der Waals surface area contributed by atoms with Gasteiger partial charge in [-0.1, -0.05) is 30.3 Å². The molecule has 2 rings (SSSR count). The minimum absolute atomic E-state index is 0.0582. The molecule has 0 fully saturated rings. The van der Waals surface area contributed by atoms with Crippen LogP contribution in [0.2, 0.25) is 0 Å². The Morgan fingerprint density at radius 1 is 1.13 bits per heavy atom. The van der Waals surface area contributed by atoms with Crippen molar-refractivity contribution < 1.29 is 9.59 Å². The summed E-state index contributed by atoms with van der Waals surface area (Å²) < 4.78 is 0. The predicted octanol–water partition coefficient (Wildman–Crippen LogP) is 0.733. The first-order valence-corrected chi connectivity index (χ1v) is 8.30. The number of thiazole rings is 1. The first-order valence-electron chi connectivity index (χ1n) is 7.42. The highest BCUT2D eigenvalue weighted by Gasteiger charge is 2.11. The SMILES string of the molecule is NCCc1nc(C(=O)NCC(=O)NCCc2ccccc2)cs1. The number of rotatable bonds is 8. The van der Waals surface area contributed by atoms with E-state index in [4.69, 9.17) is 5.73 Å². The van der Waals surface area contributed by atoms with E-state index < -0.39 is 0 Å². The van der Waals surface area contributed by atoms with Crippen LogP contribution in [0.25, 0.3) is 0 Å². The van der Waals surface area contributed by atoms with Crippen molar-refractivity contribution in [2.75, 3.05) is 19.6 Å². The van der Waals surface area contributed by atoms with Crippen molar-refractivity contribution in [1.82, 2.24) is 15.6 Å². The molecule has 1 aromatic carbocycles. The third-order valence-corrected chi connectivity index (χ3v) is 4.04. The Balaban J connectivity index is 1.68. The first-order chi connectivity index (χ1) is 11.2. The van der Waals surface area contributed by atoms with E-state index in [1.807, 2.05) is 30.3 Å². The van der Waals surface area contributed by atoms with Crippen LogP contribution in [0.1, 0.15) is 21.1 Å². The number of hydrogen-bond donors (Lipinski definition) is 3. The lowest BCUT2D eigenvalue weighted by Crippen LogP contribution is -2.37. The molecule has 0 radical (unpaired) electrons. The summed E-state index contributed by atoms with van der Waals surface area (Å²) in [7, 11) is 0. The van der Waals surface area contributed by atoms with Crippen molar-refractivity contribution in [2.24, 2.45) is 5.73 Å². The van der Waals surface area contributed by atoms with Crippen LogP contribution in [0, 0.1) is 0 Å². The fourth-order valence-electron chi connectivity index (χ4n) is 1.96. The maximum Gasteiger partial charge on any atom is 0.271 e. The van der Waals surface area contributed by atoms with Crippen molar-refractivity contribution in [3.63, 3.8) is 0 Å². The summed E-state index contributed by atoms with van der Waals surface area (Å²) in [5.41, 5.74) is 6.93. The van der Waals surface area contributed by atoms with Gasteiger partial charge in [0, 0.05) is 18.3 Å². The molecule has 2 aromatic rings. The number of nitrogens with two attached hydrogens (primary N) is 1. The standard InChI is InChI=1S/C16H20N4O2S/c17-8-6-15-20-13(11-23-15)16(22)19-10-14(21)18-9-7-12-4-2-1-3-5-12/h1-5,11H,6-10,17H2,(H,18,21)(H,19,22). The highest BCUT2D eigenvalue weighted by molar-refractivity contribution is 7.09. The molecule has 1 aromatic heterocycles. The Morgan fingerprint density at radius 2 is 1.91 bits per heavy atom. The first kappa shape index (κ1) is 17.1. The maximum atomic E-state index is 11.9. The molecule has 0 bridgehead atoms. The van der Waals surface area contributed by atoms with Gasteiger partial charge in [0.25, 0.3) is 5.91 Å². The Labute approximate surface area is 139 Å². The molecular weight excluding hydrogens is 312 g/mol. The van der Waals surface area contributed by atoms with Crippen molar-refractivity contribution in [3.05, 3.63) is 52.0 Å². The summed E-state index contributed by atoms with van der Waals surface area (Å²) >= 11 is 1.40. The molecule has 122 valence electrons. The van der Waals surface area contributed by atoms with Crippen LogP contribution in [0.4, 0.5) is 0 Å². The van der Waals surface area contributed by atoms with Gasteiger partial charge in [-0.05, 0) is 18.5 Å². The van der Waals surface area contributed by atoms with Crippen LogP contribution >= 0.6 is 11.3 Å². The number of benzene rings is 1. The van der Waals surface area contributed by atoms with Gasteiger partial charge >= 0.3 is 0 Å². The summed E-state index contributed by atoms with van der Waals surface area (Å²) in [6.45, 7) is 0.978. The van der Waals surface area contributed by atoms with Gasteiger partial charge in [0.1, 0.15) is 5.69 Å². The summed E-state index contributed by atoms with van der Waals surface area (Å²) in [5, 5.41) is 7.84. The molecule has 0 aliphatic rings. The Hall–Kier alpha value is -2.25. The molecule has 0 spiro atoms. The van der Waals surface area contributed by atoms with E-state index >= 15 is 0 Å². The lowest BCUT2D eigenvalue weighted by Gasteiger charge is -2.06. The number of carbonyl (C=O) groups is 2. The van der Waals surface area contributed by atoms with Crippen LogP contribution < -0.4 is 16.4 Å². The highest BCUT2D eigenvalue weighted by atomic mass is 32.1. The monoisotopic (exact) mass is 332 g/mol. The number of aromatic nitrogens is 1. The van der Waals surface area contributed by atoms with Gasteiger partial charge in [0.15, 0.2) is 0 Å². The van der Waals surface area contributed by atoms with Gasteiger partial charge in [-0.15, -0.1) is 11.3 Å². The average Bonchev–Trinajstić information content (AvgIpc) is 3.03. The summed E-state index contributed by atoms with van der Waals surface area (Å²) in [4.78, 5) is 27.8. The normalized spacial score (nSPS) is 10.3. The molecule has 2 amide bonds. The molecule has 1 heterocycles. The Bertz CT molecular complexity index is 643. The predicted molar refractivity (Wildman–Crippen MR) is 90.4 cm³/mol. The van der Waals surface area contributed by atoms with E-state index in [2.05, 4.69) is 15.6 Å². The fourth-order valence-corrected chi connectivity index (χ4v) is 2.75. The second-order valence-corrected chi connectivity index (χ2v) is 5.88. The molecule has 4 N–H and O–H groups in total. The second kappa shape index (κ2) is 9.02. The lowest BCUT2D eigenvalue weighted by molar-refractivity contribution is -0.120. The minimum atomic E-state index is -0.345. The highest BCUT2D eigenvalue weighted by Crippen LogP contribution is 2.09. The number of amides is 2. The van der Waals surface area contributed by atoms with Gasteiger partial charge in [0.05, 0.1) is 11.6 Å². The van der Waals surface area contributed by atoms with Crippen LogP contribution in [-0.4, -0.2) is 36.4 Å². The molecular formula is C16H20N4O2S. The van der Waals surface area contributed by atoms with Gasteiger partial charge in [0.2, 0.25) is 5.91 Å². The van der Waals surface area contributed by atoms with E-state index in [-0.39, 0.29) is 18.4 Å². The molecule has 0 saturated carbocycles. The molecule has 0 aliphatic carbocycles. The Morgan fingerprint density at radius 3 is 2.65 bits per heavy atom. The average molecular weight is 332 g/mol.